The van der Waals surface area contributed by atoms with Gasteiger partial charge in [-0.05, 0) is 38.1 Å². The van der Waals surface area contributed by atoms with Crippen LogP contribution in [0, 0.1) is 18.7 Å². The second kappa shape index (κ2) is 8.72. The molecule has 3 amide bonds. The molecule has 3 rings (SSSR count). The lowest BCUT2D eigenvalue weighted by Gasteiger charge is -2.18. The largest absolute Gasteiger partial charge is 0.478 e. The smallest absolute Gasteiger partial charge is 0.279 e. The third kappa shape index (κ3) is 4.90. The van der Waals surface area contributed by atoms with E-state index in [4.69, 9.17) is 4.74 Å². The number of nitrogens with one attached hydrogen (secondary N) is 2. The SMILES string of the molecule is Cc1ccc(N2C[C@H](C(=O)NNC(=O)[C@H](C)Oc3ccccc3F)CC2=O)cc1. The first-order valence-electron chi connectivity index (χ1n) is 9.23. The van der Waals surface area contributed by atoms with E-state index >= 15 is 0 Å². The van der Waals surface area contributed by atoms with Gasteiger partial charge in [0.1, 0.15) is 0 Å². The molecule has 152 valence electrons. The minimum absolute atomic E-state index is 0.0524. The van der Waals surface area contributed by atoms with Gasteiger partial charge in [0.15, 0.2) is 17.7 Å². The van der Waals surface area contributed by atoms with Gasteiger partial charge >= 0.3 is 0 Å². The van der Waals surface area contributed by atoms with Crippen LogP contribution in [-0.2, 0) is 14.4 Å². The van der Waals surface area contributed by atoms with E-state index in [-0.39, 0.29) is 24.6 Å². The number of rotatable bonds is 5. The predicted molar refractivity (Wildman–Crippen MR) is 104 cm³/mol. The number of anilines is 1. The van der Waals surface area contributed by atoms with Crippen molar-refractivity contribution < 1.29 is 23.5 Å². The Bertz CT molecular complexity index is 916. The Balaban J connectivity index is 1.51. The molecule has 2 atom stereocenters. The van der Waals surface area contributed by atoms with Crippen molar-refractivity contribution in [1.82, 2.24) is 10.9 Å². The van der Waals surface area contributed by atoms with Crippen molar-refractivity contribution in [3.8, 4) is 5.75 Å². The third-order valence-electron chi connectivity index (χ3n) is 4.66. The third-order valence-corrected chi connectivity index (χ3v) is 4.66. The van der Waals surface area contributed by atoms with Gasteiger partial charge in [-0.25, -0.2) is 4.39 Å². The van der Waals surface area contributed by atoms with Crippen LogP contribution in [0.5, 0.6) is 5.75 Å². The summed E-state index contributed by atoms with van der Waals surface area (Å²) >= 11 is 0. The van der Waals surface area contributed by atoms with E-state index in [1.54, 1.807) is 11.0 Å². The van der Waals surface area contributed by atoms with E-state index in [0.29, 0.717) is 0 Å². The highest BCUT2D eigenvalue weighted by Crippen LogP contribution is 2.25. The molecule has 0 aromatic heterocycles. The number of aryl methyl sites for hydroxylation is 1. The maximum atomic E-state index is 13.6. The fraction of sp³-hybridized carbons (Fsp3) is 0.286. The van der Waals surface area contributed by atoms with Crippen molar-refractivity contribution in [2.24, 2.45) is 5.92 Å². The van der Waals surface area contributed by atoms with Crippen LogP contribution in [0.3, 0.4) is 0 Å². The summed E-state index contributed by atoms with van der Waals surface area (Å²) in [5, 5.41) is 0. The van der Waals surface area contributed by atoms with Crippen LogP contribution in [0.4, 0.5) is 10.1 Å². The Hall–Kier alpha value is -3.42. The molecule has 2 N–H and O–H groups in total. The number of amides is 3. The zero-order valence-corrected chi connectivity index (χ0v) is 16.1. The molecule has 1 aliphatic heterocycles. The Morgan fingerprint density at radius 3 is 2.52 bits per heavy atom. The second-order valence-corrected chi connectivity index (χ2v) is 6.91. The van der Waals surface area contributed by atoms with E-state index in [2.05, 4.69) is 10.9 Å². The van der Waals surface area contributed by atoms with Crippen molar-refractivity contribution in [1.29, 1.82) is 0 Å². The summed E-state index contributed by atoms with van der Waals surface area (Å²) in [6.07, 6.45) is -0.974. The molecule has 0 saturated carbocycles. The number of carbonyl (C=O) groups excluding carboxylic acids is 3. The zero-order valence-electron chi connectivity index (χ0n) is 16.1. The number of hydrogen-bond acceptors (Lipinski definition) is 4. The minimum atomic E-state index is -1.03. The van der Waals surface area contributed by atoms with Gasteiger partial charge < -0.3 is 9.64 Å². The van der Waals surface area contributed by atoms with Crippen molar-refractivity contribution in [2.75, 3.05) is 11.4 Å². The molecule has 7 nitrogen and oxygen atoms in total. The van der Waals surface area contributed by atoms with Crippen LogP contribution in [0.1, 0.15) is 18.9 Å². The van der Waals surface area contributed by atoms with Gasteiger partial charge in [0.2, 0.25) is 11.8 Å². The number of carbonyl (C=O) groups is 3. The predicted octanol–water partition coefficient (Wildman–Crippen LogP) is 2.10. The van der Waals surface area contributed by atoms with Crippen molar-refractivity contribution in [2.45, 2.75) is 26.4 Å². The molecule has 0 bridgehead atoms. The molecular formula is C21H22FN3O4. The summed E-state index contributed by atoms with van der Waals surface area (Å²) in [7, 11) is 0. The number of benzene rings is 2. The molecule has 29 heavy (non-hydrogen) atoms. The van der Waals surface area contributed by atoms with E-state index in [1.807, 2.05) is 31.2 Å². The molecule has 1 heterocycles. The quantitative estimate of drug-likeness (QED) is 0.754. The van der Waals surface area contributed by atoms with Gasteiger partial charge in [0, 0.05) is 18.7 Å². The summed E-state index contributed by atoms with van der Waals surface area (Å²) in [4.78, 5) is 38.3. The molecule has 1 saturated heterocycles. The molecule has 0 spiro atoms. The zero-order chi connectivity index (χ0) is 21.0. The molecule has 0 radical (unpaired) electrons. The summed E-state index contributed by atoms with van der Waals surface area (Å²) in [6, 6.07) is 13.2. The number of ether oxygens (including phenoxy) is 1. The van der Waals surface area contributed by atoms with Gasteiger partial charge in [-0.15, -0.1) is 0 Å². The van der Waals surface area contributed by atoms with Gasteiger partial charge in [0.05, 0.1) is 5.92 Å². The van der Waals surface area contributed by atoms with Gasteiger partial charge in [-0.3, -0.25) is 25.2 Å². The van der Waals surface area contributed by atoms with Crippen molar-refractivity contribution >= 4 is 23.4 Å². The Morgan fingerprint density at radius 2 is 1.83 bits per heavy atom. The van der Waals surface area contributed by atoms with E-state index in [9.17, 15) is 18.8 Å². The molecule has 8 heteroatoms. The molecular weight excluding hydrogens is 377 g/mol. The monoisotopic (exact) mass is 399 g/mol. The normalized spacial score (nSPS) is 17.0. The summed E-state index contributed by atoms with van der Waals surface area (Å²) < 4.78 is 18.9. The van der Waals surface area contributed by atoms with Crippen LogP contribution in [0.25, 0.3) is 0 Å². The fourth-order valence-corrected chi connectivity index (χ4v) is 2.97. The van der Waals surface area contributed by atoms with Crippen LogP contribution in [0.2, 0.25) is 0 Å². The lowest BCUT2D eigenvalue weighted by Crippen LogP contribution is -2.49. The van der Waals surface area contributed by atoms with E-state index in [1.165, 1.54) is 25.1 Å². The average Bonchev–Trinajstić information content (AvgIpc) is 3.10. The molecule has 1 fully saturated rings. The molecule has 1 aliphatic rings. The number of halogens is 1. The highest BCUT2D eigenvalue weighted by Gasteiger charge is 2.35. The second-order valence-electron chi connectivity index (χ2n) is 6.91. The molecule has 2 aromatic rings. The van der Waals surface area contributed by atoms with Crippen molar-refractivity contribution in [3.05, 3.63) is 59.9 Å². The first-order valence-corrected chi connectivity index (χ1v) is 9.23. The van der Waals surface area contributed by atoms with E-state index in [0.717, 1.165) is 11.3 Å². The average molecular weight is 399 g/mol. The Morgan fingerprint density at radius 1 is 1.14 bits per heavy atom. The first-order chi connectivity index (χ1) is 13.8. The van der Waals surface area contributed by atoms with Gasteiger partial charge in [-0.1, -0.05) is 29.8 Å². The maximum absolute atomic E-state index is 13.6. The van der Waals surface area contributed by atoms with Gasteiger partial charge in [0.25, 0.3) is 5.91 Å². The van der Waals surface area contributed by atoms with Crippen LogP contribution < -0.4 is 20.5 Å². The number of para-hydroxylation sites is 1. The maximum Gasteiger partial charge on any atom is 0.279 e. The minimum Gasteiger partial charge on any atom is -0.478 e. The molecule has 2 aromatic carbocycles. The van der Waals surface area contributed by atoms with Crippen molar-refractivity contribution in [3.63, 3.8) is 0 Å². The lowest BCUT2D eigenvalue weighted by molar-refractivity contribution is -0.134. The Kier molecular flexibility index (Phi) is 6.11. The summed E-state index contributed by atoms with van der Waals surface area (Å²) in [5.74, 6) is -2.50. The van der Waals surface area contributed by atoms with E-state index < -0.39 is 29.7 Å². The summed E-state index contributed by atoms with van der Waals surface area (Å²) in [6.45, 7) is 3.61. The number of hydrazine groups is 1. The molecule has 0 unspecified atom stereocenters. The number of hydrogen-bond donors (Lipinski definition) is 2. The van der Waals surface area contributed by atoms with Crippen LogP contribution in [0.15, 0.2) is 48.5 Å². The Labute approximate surface area is 167 Å². The lowest BCUT2D eigenvalue weighted by atomic mass is 10.1. The van der Waals surface area contributed by atoms with Gasteiger partial charge in [-0.2, -0.15) is 0 Å². The standard InChI is InChI=1S/C21H22FN3O4/c1-13-7-9-16(10-8-13)25-12-15(11-19(25)26)21(28)24-23-20(27)14(2)29-18-6-4-3-5-17(18)22/h3-10,14-15H,11-12H2,1-2H3,(H,23,27)(H,24,28)/t14-,15+/m0/s1. The topological polar surface area (TPSA) is 87.7 Å². The molecule has 0 aliphatic carbocycles. The highest BCUT2D eigenvalue weighted by atomic mass is 19.1. The summed E-state index contributed by atoms with van der Waals surface area (Å²) in [5.41, 5.74) is 6.38. The highest BCUT2D eigenvalue weighted by molar-refractivity contribution is 6.00. The van der Waals surface area contributed by atoms with Crippen LogP contribution in [-0.4, -0.2) is 30.4 Å². The first kappa shape index (κ1) is 20.3. The number of nitrogens with zero attached hydrogens (tertiary/aromatic N) is 1. The fourth-order valence-electron chi connectivity index (χ4n) is 2.97. The van der Waals surface area contributed by atoms with Crippen LogP contribution >= 0.6 is 0 Å².